The summed E-state index contributed by atoms with van der Waals surface area (Å²) in [5, 5.41) is 0. The molecule has 15 heavy (non-hydrogen) atoms. The van der Waals surface area contributed by atoms with Gasteiger partial charge in [0, 0.05) is 13.8 Å². The van der Waals surface area contributed by atoms with E-state index in [-0.39, 0.29) is 0 Å². The molecule has 1 heterocycles. The van der Waals surface area contributed by atoms with E-state index in [9.17, 15) is 0 Å². The lowest BCUT2D eigenvalue weighted by atomic mass is 9.99. The van der Waals surface area contributed by atoms with E-state index in [4.69, 9.17) is 1.37 Å². The van der Waals surface area contributed by atoms with E-state index in [0.717, 1.165) is 16.7 Å². The highest BCUT2D eigenvalue weighted by atomic mass is 14.6. The summed E-state index contributed by atoms with van der Waals surface area (Å²) in [7, 11) is 0. The van der Waals surface area contributed by atoms with E-state index < -0.39 is 5.89 Å². The van der Waals surface area contributed by atoms with Gasteiger partial charge in [-0.2, -0.15) is 0 Å². The van der Waals surface area contributed by atoms with Crippen molar-refractivity contribution >= 4 is 0 Å². The van der Waals surface area contributed by atoms with E-state index in [2.05, 4.69) is 17.1 Å². The van der Waals surface area contributed by atoms with E-state index in [1.807, 2.05) is 38.1 Å². The minimum Gasteiger partial charge on any atom is -0.265 e. The zero-order chi connectivity index (χ0) is 11.6. The molecule has 0 amide bonds. The quantitative estimate of drug-likeness (QED) is 0.713. The summed E-state index contributed by atoms with van der Waals surface area (Å²) in [6, 6.07) is 12.1. The van der Waals surface area contributed by atoms with Crippen molar-refractivity contribution in [3.8, 4) is 11.1 Å². The fraction of sp³-hybridized carbons (Fsp3) is 0.214. The Kier molecular flexibility index (Phi) is 2.46. The van der Waals surface area contributed by atoms with Gasteiger partial charge in [0.15, 0.2) is 0 Å². The van der Waals surface area contributed by atoms with Crippen LogP contribution in [0, 0.1) is 0 Å². The summed E-state index contributed by atoms with van der Waals surface area (Å²) < 4.78 is 7.94. The monoisotopic (exact) mass is 198 g/mol. The summed E-state index contributed by atoms with van der Waals surface area (Å²) in [5.41, 5.74) is 3.35. The third kappa shape index (κ3) is 2.24. The highest BCUT2D eigenvalue weighted by Gasteiger charge is 2.00. The van der Waals surface area contributed by atoms with E-state index in [1.54, 1.807) is 12.4 Å². The van der Waals surface area contributed by atoms with Gasteiger partial charge >= 0.3 is 0 Å². The average molecular weight is 198 g/mol. The molecular weight excluding hydrogens is 182 g/mol. The fourth-order valence-electron chi connectivity index (χ4n) is 1.54. The number of hydrogen-bond acceptors (Lipinski definition) is 1. The molecule has 1 aromatic carbocycles. The molecule has 2 aromatic rings. The number of hydrogen-bond donors (Lipinski definition) is 0. The van der Waals surface area contributed by atoms with Crippen LogP contribution in [0.3, 0.4) is 0 Å². The van der Waals surface area contributed by atoms with Crippen molar-refractivity contribution < 1.29 is 1.37 Å². The number of benzene rings is 1. The lowest BCUT2D eigenvalue weighted by Crippen LogP contribution is -1.86. The smallest absolute Gasteiger partial charge is 0.0347 e. The summed E-state index contributed by atoms with van der Waals surface area (Å²) in [6.07, 6.45) is 3.58. The van der Waals surface area contributed by atoms with Crippen molar-refractivity contribution in [2.24, 2.45) is 0 Å². The van der Waals surface area contributed by atoms with E-state index in [0.29, 0.717) is 0 Å². The molecule has 0 saturated carbocycles. The van der Waals surface area contributed by atoms with Crippen molar-refractivity contribution in [3.63, 3.8) is 0 Å². The number of aromatic nitrogens is 1. The Hall–Kier alpha value is -1.63. The van der Waals surface area contributed by atoms with Gasteiger partial charge < -0.3 is 0 Å². The molecule has 0 bridgehead atoms. The van der Waals surface area contributed by atoms with Gasteiger partial charge in [0.2, 0.25) is 0 Å². The second-order valence-electron chi connectivity index (χ2n) is 3.81. The molecule has 0 aliphatic heterocycles. The molecule has 0 unspecified atom stereocenters. The van der Waals surface area contributed by atoms with Crippen molar-refractivity contribution in [3.05, 3.63) is 54.4 Å². The third-order valence-corrected chi connectivity index (χ3v) is 2.48. The SMILES string of the molecule is [2H]C(C)(C)c1ccc(-c2ccncc2)cc1. The summed E-state index contributed by atoms with van der Waals surface area (Å²) >= 11 is 0. The van der Waals surface area contributed by atoms with Crippen LogP contribution in [0.2, 0.25) is 0 Å². The molecule has 76 valence electrons. The van der Waals surface area contributed by atoms with Crippen LogP contribution in [0.25, 0.3) is 11.1 Å². The molecule has 0 spiro atoms. The predicted molar refractivity (Wildman–Crippen MR) is 63.8 cm³/mol. The van der Waals surface area contributed by atoms with Gasteiger partial charge in [-0.3, -0.25) is 4.98 Å². The molecule has 2 rings (SSSR count). The van der Waals surface area contributed by atoms with Gasteiger partial charge in [-0.05, 0) is 34.7 Å². The first-order chi connectivity index (χ1) is 7.57. The Balaban J connectivity index is 2.34. The zero-order valence-corrected chi connectivity index (χ0v) is 9.07. The Morgan fingerprint density at radius 2 is 1.47 bits per heavy atom. The minimum absolute atomic E-state index is 0.531. The molecular formula is C14H15N. The maximum Gasteiger partial charge on any atom is 0.0347 e. The third-order valence-electron chi connectivity index (χ3n) is 2.48. The number of nitrogens with zero attached hydrogens (tertiary/aromatic N) is 1. The number of rotatable bonds is 2. The van der Waals surface area contributed by atoms with Gasteiger partial charge in [-0.15, -0.1) is 0 Å². The first-order valence-electron chi connectivity index (χ1n) is 5.58. The average Bonchev–Trinajstić information content (AvgIpc) is 2.29. The predicted octanol–water partition coefficient (Wildman–Crippen LogP) is 3.87. The molecule has 0 aliphatic carbocycles. The van der Waals surface area contributed by atoms with Crippen molar-refractivity contribution in [2.75, 3.05) is 0 Å². The lowest BCUT2D eigenvalue weighted by Gasteiger charge is -2.06. The van der Waals surface area contributed by atoms with Crippen LogP contribution in [-0.4, -0.2) is 4.98 Å². The van der Waals surface area contributed by atoms with Crippen LogP contribution in [0.4, 0.5) is 0 Å². The molecule has 0 radical (unpaired) electrons. The largest absolute Gasteiger partial charge is 0.265 e. The molecule has 0 atom stereocenters. The summed E-state index contributed by atoms with van der Waals surface area (Å²) in [5.74, 6) is -0.531. The summed E-state index contributed by atoms with van der Waals surface area (Å²) in [4.78, 5) is 4.00. The van der Waals surface area contributed by atoms with Gasteiger partial charge in [-0.1, -0.05) is 38.1 Å². The van der Waals surface area contributed by atoms with E-state index >= 15 is 0 Å². The topological polar surface area (TPSA) is 12.9 Å². The molecule has 1 aromatic heterocycles. The van der Waals surface area contributed by atoms with Crippen LogP contribution in [0.15, 0.2) is 48.8 Å². The van der Waals surface area contributed by atoms with Crippen molar-refractivity contribution in [1.82, 2.24) is 4.98 Å². The first kappa shape index (κ1) is 8.66. The molecule has 1 nitrogen and oxygen atoms in total. The second kappa shape index (κ2) is 4.26. The normalized spacial score (nSPS) is 12.3. The Morgan fingerprint density at radius 3 is 2.00 bits per heavy atom. The number of pyridine rings is 1. The van der Waals surface area contributed by atoms with Gasteiger partial charge in [0.1, 0.15) is 0 Å². The van der Waals surface area contributed by atoms with Crippen LogP contribution >= 0.6 is 0 Å². The highest BCUT2D eigenvalue weighted by Crippen LogP contribution is 2.21. The fourth-order valence-corrected chi connectivity index (χ4v) is 1.54. The first-order valence-corrected chi connectivity index (χ1v) is 5.08. The second-order valence-corrected chi connectivity index (χ2v) is 3.81. The van der Waals surface area contributed by atoms with Gasteiger partial charge in [-0.25, -0.2) is 0 Å². The van der Waals surface area contributed by atoms with Crippen molar-refractivity contribution in [1.29, 1.82) is 0 Å². The maximum absolute atomic E-state index is 7.94. The Morgan fingerprint density at radius 1 is 0.933 bits per heavy atom. The van der Waals surface area contributed by atoms with E-state index in [1.165, 1.54) is 0 Å². The lowest BCUT2D eigenvalue weighted by molar-refractivity contribution is 0.867. The standard InChI is InChI=1S/C14H15N/c1-11(2)12-3-5-13(6-4-12)14-7-9-15-10-8-14/h3-11H,1-2H3/i11D. The minimum atomic E-state index is -0.531. The molecule has 1 heteroatoms. The molecule has 0 N–H and O–H groups in total. The van der Waals surface area contributed by atoms with Crippen LogP contribution in [-0.2, 0) is 0 Å². The van der Waals surface area contributed by atoms with Gasteiger partial charge in [0.25, 0.3) is 0 Å². The highest BCUT2D eigenvalue weighted by molar-refractivity contribution is 5.62. The molecule has 0 aliphatic rings. The van der Waals surface area contributed by atoms with Crippen molar-refractivity contribution in [2.45, 2.75) is 19.7 Å². The molecule has 0 saturated heterocycles. The Labute approximate surface area is 92.2 Å². The Bertz CT molecular complexity index is 454. The summed E-state index contributed by atoms with van der Waals surface area (Å²) in [6.45, 7) is 3.79. The maximum atomic E-state index is 7.94. The zero-order valence-electron chi connectivity index (χ0n) is 10.1. The van der Waals surface area contributed by atoms with Crippen LogP contribution in [0.1, 0.15) is 26.7 Å². The van der Waals surface area contributed by atoms with Crippen LogP contribution < -0.4 is 0 Å². The molecule has 0 fully saturated rings. The van der Waals surface area contributed by atoms with Crippen LogP contribution in [0.5, 0.6) is 0 Å². The van der Waals surface area contributed by atoms with Gasteiger partial charge in [0.05, 0.1) is 0 Å².